The molecule has 0 saturated heterocycles. The van der Waals surface area contributed by atoms with E-state index in [0.29, 0.717) is 17.2 Å². The van der Waals surface area contributed by atoms with Crippen LogP contribution in [0.1, 0.15) is 5.56 Å². The van der Waals surface area contributed by atoms with Crippen LogP contribution in [0.5, 0.6) is 17.2 Å². The first-order valence-electron chi connectivity index (χ1n) is 8.81. The molecule has 0 unspecified atom stereocenters. The second-order valence-electron chi connectivity index (χ2n) is 5.66. The minimum atomic E-state index is 0.322. The maximum atomic E-state index is 8.63. The molecule has 4 rings (SSSR count). The highest BCUT2D eigenvalue weighted by Crippen LogP contribution is 2.04. The molecule has 0 aliphatic heterocycles. The van der Waals surface area contributed by atoms with Gasteiger partial charge in [-0.15, -0.1) is 0 Å². The zero-order chi connectivity index (χ0) is 20.5. The lowest BCUT2D eigenvalue weighted by molar-refractivity contribution is 0.475. The molecule has 0 aliphatic rings. The number of phenols is 3. The average Bonchev–Trinajstić information content (AvgIpc) is 2.72. The number of hydrogen-bond donors (Lipinski definition) is 3. The number of hydrogen-bond acceptors (Lipinski definition) is 3. The van der Waals surface area contributed by atoms with E-state index in [2.05, 4.69) is 19.1 Å². The van der Waals surface area contributed by atoms with Gasteiger partial charge >= 0.3 is 0 Å². The lowest BCUT2D eigenvalue weighted by Crippen LogP contribution is -1.62. The third-order valence-corrected chi connectivity index (χ3v) is 3.21. The van der Waals surface area contributed by atoms with Crippen molar-refractivity contribution in [3.05, 3.63) is 127 Å². The summed E-state index contributed by atoms with van der Waals surface area (Å²) in [5.41, 5.74) is 1.32. The Balaban J connectivity index is 0.000000187. The Kier molecular flexibility index (Phi) is 11.5. The summed E-state index contributed by atoms with van der Waals surface area (Å²) in [7, 11) is 0. The molecule has 0 aromatic heterocycles. The van der Waals surface area contributed by atoms with Gasteiger partial charge in [0.05, 0.1) is 0 Å². The monoisotopic (exact) mass is 374 g/mol. The fourth-order valence-corrected chi connectivity index (χ4v) is 1.82. The highest BCUT2D eigenvalue weighted by atomic mass is 16.3. The van der Waals surface area contributed by atoms with E-state index in [0.717, 1.165) is 0 Å². The first kappa shape index (κ1) is 22.3. The Morgan fingerprint density at radius 2 is 0.571 bits per heavy atom. The Morgan fingerprint density at radius 3 is 0.679 bits per heavy atom. The molecule has 3 N–H and O–H groups in total. The van der Waals surface area contributed by atoms with Gasteiger partial charge in [0.15, 0.2) is 0 Å². The van der Waals surface area contributed by atoms with Crippen LogP contribution in [0.2, 0.25) is 0 Å². The van der Waals surface area contributed by atoms with Crippen molar-refractivity contribution in [1.29, 1.82) is 0 Å². The van der Waals surface area contributed by atoms with Crippen LogP contribution >= 0.6 is 0 Å². The Bertz CT molecular complexity index is 684. The van der Waals surface area contributed by atoms with E-state index >= 15 is 0 Å². The van der Waals surface area contributed by atoms with Crippen molar-refractivity contribution in [3.63, 3.8) is 0 Å². The normalized spacial score (nSPS) is 8.61. The summed E-state index contributed by atoms with van der Waals surface area (Å²) in [6.07, 6.45) is 0. The van der Waals surface area contributed by atoms with E-state index in [-0.39, 0.29) is 0 Å². The first-order chi connectivity index (χ1) is 13.6. The van der Waals surface area contributed by atoms with E-state index in [1.165, 1.54) is 5.56 Å². The quantitative estimate of drug-likeness (QED) is 0.345. The lowest BCUT2D eigenvalue weighted by Gasteiger charge is -1.82. The summed E-state index contributed by atoms with van der Waals surface area (Å²) in [4.78, 5) is 0. The molecule has 0 fully saturated rings. The fourth-order valence-electron chi connectivity index (χ4n) is 1.82. The standard InChI is InChI=1S/C7H8.3C6H6O/c1-7-5-3-2-4-6-7;3*7-6-4-2-1-3-5-6/h2-6H,1H3;3*1-5,7H. The number of para-hydroxylation sites is 3. The maximum Gasteiger partial charge on any atom is 0.115 e. The molecule has 3 nitrogen and oxygen atoms in total. The first-order valence-corrected chi connectivity index (χ1v) is 8.81. The van der Waals surface area contributed by atoms with Gasteiger partial charge in [0.1, 0.15) is 17.2 Å². The van der Waals surface area contributed by atoms with Crippen molar-refractivity contribution in [2.45, 2.75) is 6.92 Å². The molecule has 0 atom stereocenters. The molecule has 0 amide bonds. The van der Waals surface area contributed by atoms with Crippen LogP contribution in [0.15, 0.2) is 121 Å². The van der Waals surface area contributed by atoms with Crippen molar-refractivity contribution in [2.24, 2.45) is 0 Å². The van der Waals surface area contributed by atoms with E-state index < -0.39 is 0 Å². The maximum absolute atomic E-state index is 8.63. The predicted octanol–water partition coefficient (Wildman–Crippen LogP) is 6.17. The predicted molar refractivity (Wildman–Crippen MR) is 115 cm³/mol. The summed E-state index contributed by atoms with van der Waals surface area (Å²) < 4.78 is 0. The Labute approximate surface area is 166 Å². The minimum Gasteiger partial charge on any atom is -0.508 e. The van der Waals surface area contributed by atoms with Crippen LogP contribution in [0.3, 0.4) is 0 Å². The van der Waals surface area contributed by atoms with Gasteiger partial charge in [-0.3, -0.25) is 0 Å². The summed E-state index contributed by atoms with van der Waals surface area (Å²) in [5.74, 6) is 0.965. The average molecular weight is 374 g/mol. The Hall–Kier alpha value is -3.72. The third-order valence-electron chi connectivity index (χ3n) is 3.21. The second-order valence-corrected chi connectivity index (χ2v) is 5.66. The van der Waals surface area contributed by atoms with Gasteiger partial charge in [-0.25, -0.2) is 0 Å². The van der Waals surface area contributed by atoms with E-state index in [1.54, 1.807) is 72.8 Å². The summed E-state index contributed by atoms with van der Waals surface area (Å²) >= 11 is 0. The van der Waals surface area contributed by atoms with Crippen molar-refractivity contribution < 1.29 is 15.3 Å². The molecule has 4 aromatic carbocycles. The van der Waals surface area contributed by atoms with Crippen LogP contribution in [-0.4, -0.2) is 15.3 Å². The molecular formula is C25H26O3. The molecule has 3 heteroatoms. The van der Waals surface area contributed by atoms with Gasteiger partial charge in [0.25, 0.3) is 0 Å². The SMILES string of the molecule is Cc1ccccc1.Oc1ccccc1.Oc1ccccc1.Oc1ccccc1. The molecule has 28 heavy (non-hydrogen) atoms. The second kappa shape index (κ2) is 14.4. The van der Waals surface area contributed by atoms with Crippen LogP contribution < -0.4 is 0 Å². The van der Waals surface area contributed by atoms with Gasteiger partial charge in [0.2, 0.25) is 0 Å². The van der Waals surface area contributed by atoms with Crippen molar-refractivity contribution in [2.75, 3.05) is 0 Å². The van der Waals surface area contributed by atoms with Gasteiger partial charge in [-0.1, -0.05) is 90.5 Å². The molecular weight excluding hydrogens is 348 g/mol. The molecule has 0 saturated carbocycles. The zero-order valence-corrected chi connectivity index (χ0v) is 15.9. The van der Waals surface area contributed by atoms with Gasteiger partial charge in [-0.05, 0) is 43.3 Å². The van der Waals surface area contributed by atoms with Crippen LogP contribution in [-0.2, 0) is 0 Å². The largest absolute Gasteiger partial charge is 0.508 e. The summed E-state index contributed by atoms with van der Waals surface area (Å²) in [5, 5.41) is 25.9. The number of aromatic hydroxyl groups is 3. The number of benzene rings is 4. The van der Waals surface area contributed by atoms with Gasteiger partial charge in [-0.2, -0.15) is 0 Å². The topological polar surface area (TPSA) is 60.7 Å². The van der Waals surface area contributed by atoms with Crippen LogP contribution in [0.25, 0.3) is 0 Å². The van der Waals surface area contributed by atoms with Gasteiger partial charge in [0, 0.05) is 0 Å². The lowest BCUT2D eigenvalue weighted by atomic mass is 10.2. The number of phenolic OH excluding ortho intramolecular Hbond substituents is 3. The van der Waals surface area contributed by atoms with Crippen molar-refractivity contribution in [3.8, 4) is 17.2 Å². The molecule has 144 valence electrons. The third kappa shape index (κ3) is 12.6. The molecule has 4 aromatic rings. The molecule has 0 aliphatic carbocycles. The van der Waals surface area contributed by atoms with Crippen LogP contribution in [0, 0.1) is 6.92 Å². The van der Waals surface area contributed by atoms with Crippen LogP contribution in [0.4, 0.5) is 0 Å². The van der Waals surface area contributed by atoms with Crippen molar-refractivity contribution in [1.82, 2.24) is 0 Å². The minimum absolute atomic E-state index is 0.322. The zero-order valence-electron chi connectivity index (χ0n) is 15.9. The highest BCUT2D eigenvalue weighted by Gasteiger charge is 1.76. The highest BCUT2D eigenvalue weighted by molar-refractivity contribution is 5.19. The molecule has 0 bridgehead atoms. The molecule has 0 spiro atoms. The van der Waals surface area contributed by atoms with E-state index in [9.17, 15) is 0 Å². The summed E-state index contributed by atoms with van der Waals surface area (Å²) in [6, 6.07) is 36.4. The van der Waals surface area contributed by atoms with E-state index in [1.807, 2.05) is 36.4 Å². The number of aryl methyl sites for hydroxylation is 1. The van der Waals surface area contributed by atoms with Gasteiger partial charge < -0.3 is 15.3 Å². The molecule has 0 heterocycles. The van der Waals surface area contributed by atoms with Crippen molar-refractivity contribution >= 4 is 0 Å². The molecule has 0 radical (unpaired) electrons. The fraction of sp³-hybridized carbons (Fsp3) is 0.0400. The number of rotatable bonds is 0. The summed E-state index contributed by atoms with van der Waals surface area (Å²) in [6.45, 7) is 2.08. The smallest absolute Gasteiger partial charge is 0.115 e. The van der Waals surface area contributed by atoms with E-state index in [4.69, 9.17) is 15.3 Å². The Morgan fingerprint density at radius 1 is 0.357 bits per heavy atom.